The Morgan fingerprint density at radius 2 is 1.44 bits per heavy atom. The van der Waals surface area contributed by atoms with Gasteiger partial charge in [0.25, 0.3) is 0 Å². The summed E-state index contributed by atoms with van der Waals surface area (Å²) >= 11 is 0. The first kappa shape index (κ1) is 15.8. The first-order valence-electron chi connectivity index (χ1n) is 8.29. The highest BCUT2D eigenvalue weighted by Gasteiger charge is 2.48. The molecule has 0 heteroatoms. The van der Waals surface area contributed by atoms with Crippen LogP contribution in [0.4, 0.5) is 0 Å². The van der Waals surface area contributed by atoms with Crippen LogP contribution >= 0.6 is 0 Å². The van der Waals surface area contributed by atoms with E-state index in [0.717, 1.165) is 5.41 Å². The van der Waals surface area contributed by atoms with Gasteiger partial charge in [-0.2, -0.15) is 0 Å². The van der Waals surface area contributed by atoms with Crippen molar-refractivity contribution in [3.05, 3.63) is 12.2 Å². The molecule has 0 amide bonds. The Labute approximate surface area is 115 Å². The maximum atomic E-state index is 4.24. The molecule has 0 aromatic carbocycles. The molecule has 2 bridgehead atoms. The van der Waals surface area contributed by atoms with E-state index in [-0.39, 0.29) is 0 Å². The summed E-state index contributed by atoms with van der Waals surface area (Å²) in [6, 6.07) is 0. The third-order valence-electron chi connectivity index (χ3n) is 5.62. The molecule has 0 heterocycles. The zero-order valence-corrected chi connectivity index (χ0v) is 13.3. The third-order valence-corrected chi connectivity index (χ3v) is 5.62. The van der Waals surface area contributed by atoms with Crippen LogP contribution in [0.5, 0.6) is 0 Å². The fraction of sp³-hybridized carbons (Fsp3) is 0.889. The van der Waals surface area contributed by atoms with Gasteiger partial charge in [-0.15, -0.1) is 0 Å². The van der Waals surface area contributed by atoms with E-state index in [2.05, 4.69) is 20.4 Å². The Morgan fingerprint density at radius 3 is 1.83 bits per heavy atom. The Bertz CT molecular complexity index is 237. The summed E-state index contributed by atoms with van der Waals surface area (Å²) in [7, 11) is 0. The second-order valence-electron chi connectivity index (χ2n) is 6.52. The monoisotopic (exact) mass is 250 g/mol. The van der Waals surface area contributed by atoms with Gasteiger partial charge >= 0.3 is 0 Å². The molecule has 0 radical (unpaired) electrons. The molecule has 3 fully saturated rings. The van der Waals surface area contributed by atoms with Crippen LogP contribution in [0.3, 0.4) is 0 Å². The van der Waals surface area contributed by atoms with Crippen molar-refractivity contribution in [1.82, 2.24) is 0 Å². The lowest BCUT2D eigenvalue weighted by Crippen LogP contribution is -2.41. The zero-order valence-electron chi connectivity index (χ0n) is 13.3. The summed E-state index contributed by atoms with van der Waals surface area (Å²) in [6.07, 6.45) is 14.6. The fourth-order valence-electron chi connectivity index (χ4n) is 4.03. The van der Waals surface area contributed by atoms with Crippen LogP contribution in [-0.4, -0.2) is 0 Å². The predicted octanol–water partition coefficient (Wildman–Crippen LogP) is 6.51. The molecule has 0 saturated heterocycles. The topological polar surface area (TPSA) is 0 Å². The van der Waals surface area contributed by atoms with E-state index in [4.69, 9.17) is 0 Å². The van der Waals surface area contributed by atoms with Crippen LogP contribution < -0.4 is 0 Å². The standard InChI is InChI=1S/C16H28.C2H6/c1-4-5-6-7-15-8-11-16(12-9-15,13-10-15)14(2)3;1-2/h2,4-13H2,1,3H3;1-2H3. The van der Waals surface area contributed by atoms with Gasteiger partial charge in [-0.3, -0.25) is 0 Å². The van der Waals surface area contributed by atoms with Crippen molar-refractivity contribution in [3.8, 4) is 0 Å². The van der Waals surface area contributed by atoms with E-state index in [1.165, 1.54) is 69.8 Å². The fourth-order valence-corrected chi connectivity index (χ4v) is 4.03. The van der Waals surface area contributed by atoms with E-state index in [1.54, 1.807) is 0 Å². The molecule has 18 heavy (non-hydrogen) atoms. The number of unbranched alkanes of at least 4 members (excludes halogenated alkanes) is 2. The molecule has 3 aliphatic carbocycles. The Hall–Kier alpha value is -0.260. The third kappa shape index (κ3) is 3.19. The van der Waals surface area contributed by atoms with E-state index >= 15 is 0 Å². The number of fused-ring (bicyclic) bond motifs is 3. The highest BCUT2D eigenvalue weighted by molar-refractivity contribution is 5.14. The minimum Gasteiger partial charge on any atom is -0.0996 e. The zero-order chi connectivity index (χ0) is 13.6. The van der Waals surface area contributed by atoms with Crippen molar-refractivity contribution in [1.29, 1.82) is 0 Å². The summed E-state index contributed by atoms with van der Waals surface area (Å²) in [6.45, 7) is 12.8. The first-order chi connectivity index (χ1) is 8.63. The predicted molar refractivity (Wildman–Crippen MR) is 82.9 cm³/mol. The van der Waals surface area contributed by atoms with Gasteiger partial charge in [0.05, 0.1) is 0 Å². The lowest BCUT2D eigenvalue weighted by atomic mass is 9.51. The molecule has 3 saturated carbocycles. The molecule has 0 nitrogen and oxygen atoms in total. The number of hydrogen-bond acceptors (Lipinski definition) is 0. The smallest absolute Gasteiger partial charge is 0.00929 e. The molecule has 0 atom stereocenters. The minimum atomic E-state index is 0.562. The van der Waals surface area contributed by atoms with Crippen molar-refractivity contribution in [2.24, 2.45) is 10.8 Å². The van der Waals surface area contributed by atoms with E-state index < -0.39 is 0 Å². The minimum absolute atomic E-state index is 0.562. The molecule has 0 unspecified atom stereocenters. The highest BCUT2D eigenvalue weighted by atomic mass is 14.5. The van der Waals surface area contributed by atoms with Crippen LogP contribution in [0, 0.1) is 10.8 Å². The summed E-state index contributed by atoms with van der Waals surface area (Å²) in [5.74, 6) is 0. The van der Waals surface area contributed by atoms with Crippen molar-refractivity contribution in [2.75, 3.05) is 0 Å². The quantitative estimate of drug-likeness (QED) is 0.385. The summed E-state index contributed by atoms with van der Waals surface area (Å²) in [4.78, 5) is 0. The lowest BCUT2D eigenvalue weighted by molar-refractivity contribution is 0.00680. The molecule has 3 rings (SSSR count). The van der Waals surface area contributed by atoms with Crippen LogP contribution in [0.25, 0.3) is 0 Å². The molecule has 0 N–H and O–H groups in total. The normalized spacial score (nSPS) is 33.8. The maximum Gasteiger partial charge on any atom is -0.00929 e. The molecule has 106 valence electrons. The van der Waals surface area contributed by atoms with Gasteiger partial charge in [0.1, 0.15) is 0 Å². The molecule has 0 aliphatic heterocycles. The summed E-state index contributed by atoms with van der Waals surface area (Å²) in [5.41, 5.74) is 2.79. The molecular weight excluding hydrogens is 216 g/mol. The second kappa shape index (κ2) is 6.78. The number of hydrogen-bond donors (Lipinski definition) is 0. The van der Waals surface area contributed by atoms with Crippen LogP contribution in [0.15, 0.2) is 12.2 Å². The maximum absolute atomic E-state index is 4.24. The van der Waals surface area contributed by atoms with Gasteiger partial charge in [-0.1, -0.05) is 52.2 Å². The average Bonchev–Trinajstić information content (AvgIpc) is 2.43. The molecule has 0 aromatic rings. The van der Waals surface area contributed by atoms with Gasteiger partial charge in [0.2, 0.25) is 0 Å². The summed E-state index contributed by atoms with van der Waals surface area (Å²) < 4.78 is 0. The SMILES string of the molecule is C=C(C)C12CCC(CCCCC)(CC1)CC2.CC. The largest absolute Gasteiger partial charge is 0.0996 e. The number of rotatable bonds is 5. The van der Waals surface area contributed by atoms with Gasteiger partial charge in [-0.05, 0) is 62.7 Å². The average molecular weight is 250 g/mol. The van der Waals surface area contributed by atoms with Crippen LogP contribution in [0.1, 0.15) is 91.9 Å². The van der Waals surface area contributed by atoms with Gasteiger partial charge in [-0.25, -0.2) is 0 Å². The van der Waals surface area contributed by atoms with Crippen molar-refractivity contribution >= 4 is 0 Å². The van der Waals surface area contributed by atoms with Crippen molar-refractivity contribution < 1.29 is 0 Å². The van der Waals surface area contributed by atoms with E-state index in [9.17, 15) is 0 Å². The van der Waals surface area contributed by atoms with Gasteiger partial charge in [0, 0.05) is 0 Å². The molecule has 0 spiro atoms. The van der Waals surface area contributed by atoms with Crippen molar-refractivity contribution in [2.45, 2.75) is 91.9 Å². The number of allylic oxidation sites excluding steroid dienone is 1. The summed E-state index contributed by atoms with van der Waals surface area (Å²) in [5, 5.41) is 0. The Balaban J connectivity index is 0.000000771. The van der Waals surface area contributed by atoms with E-state index in [1.807, 2.05) is 13.8 Å². The van der Waals surface area contributed by atoms with E-state index in [0.29, 0.717) is 5.41 Å². The molecular formula is C18H34. The second-order valence-corrected chi connectivity index (χ2v) is 6.52. The van der Waals surface area contributed by atoms with Crippen LogP contribution in [-0.2, 0) is 0 Å². The molecule has 0 aromatic heterocycles. The lowest BCUT2D eigenvalue weighted by Gasteiger charge is -2.54. The van der Waals surface area contributed by atoms with Gasteiger partial charge in [0.15, 0.2) is 0 Å². The first-order valence-corrected chi connectivity index (χ1v) is 8.29. The van der Waals surface area contributed by atoms with Gasteiger partial charge < -0.3 is 0 Å². The Morgan fingerprint density at radius 1 is 0.944 bits per heavy atom. The molecule has 3 aliphatic rings. The Kier molecular flexibility index (Phi) is 5.95. The van der Waals surface area contributed by atoms with Crippen molar-refractivity contribution in [3.63, 3.8) is 0 Å². The van der Waals surface area contributed by atoms with Crippen LogP contribution in [0.2, 0.25) is 0 Å². The highest BCUT2D eigenvalue weighted by Crippen LogP contribution is 2.60.